The normalized spacial score (nSPS) is 10.7. The van der Waals surface area contributed by atoms with Gasteiger partial charge in [-0.1, -0.05) is 57.5 Å². The highest BCUT2D eigenvalue weighted by molar-refractivity contribution is 9.10. The van der Waals surface area contributed by atoms with Crippen LogP contribution < -0.4 is 10.1 Å². The Kier molecular flexibility index (Phi) is 7.35. The fraction of sp³-hybridized carbons (Fsp3) is 0.0909. The minimum atomic E-state index is -0.326. The molecule has 0 aliphatic rings. The van der Waals surface area contributed by atoms with E-state index in [0.29, 0.717) is 22.6 Å². The SMILES string of the molecule is O=C(CO/N=C/c1cc(Br)ccc1OCc1ccccc1F)Nc1ccccc1. The summed E-state index contributed by atoms with van der Waals surface area (Å²) in [4.78, 5) is 16.9. The molecule has 0 atom stereocenters. The van der Waals surface area contributed by atoms with Gasteiger partial charge in [-0.25, -0.2) is 4.39 Å². The molecule has 0 spiro atoms. The second-order valence-electron chi connectivity index (χ2n) is 5.98. The van der Waals surface area contributed by atoms with Crippen molar-refractivity contribution in [2.75, 3.05) is 11.9 Å². The van der Waals surface area contributed by atoms with Gasteiger partial charge in [0.1, 0.15) is 18.2 Å². The molecule has 0 aliphatic heterocycles. The van der Waals surface area contributed by atoms with E-state index >= 15 is 0 Å². The second kappa shape index (κ2) is 10.4. The van der Waals surface area contributed by atoms with Crippen LogP contribution in [0.1, 0.15) is 11.1 Å². The van der Waals surface area contributed by atoms with Crippen LogP contribution in [0.25, 0.3) is 0 Å². The van der Waals surface area contributed by atoms with E-state index in [0.717, 1.165) is 4.47 Å². The molecule has 0 aromatic heterocycles. The Morgan fingerprint density at radius 2 is 1.83 bits per heavy atom. The third-order valence-electron chi connectivity index (χ3n) is 3.83. The maximum atomic E-state index is 13.8. The number of benzene rings is 3. The number of carbonyl (C=O) groups is 1. The molecule has 0 saturated carbocycles. The first-order valence-corrected chi connectivity index (χ1v) is 9.57. The van der Waals surface area contributed by atoms with E-state index in [1.807, 2.05) is 24.3 Å². The number of anilines is 1. The number of amides is 1. The lowest BCUT2D eigenvalue weighted by molar-refractivity contribution is -0.120. The summed E-state index contributed by atoms with van der Waals surface area (Å²) in [6.45, 7) is -0.152. The highest BCUT2D eigenvalue weighted by atomic mass is 79.9. The minimum Gasteiger partial charge on any atom is -0.488 e. The van der Waals surface area contributed by atoms with E-state index in [2.05, 4.69) is 26.4 Å². The van der Waals surface area contributed by atoms with Crippen LogP contribution in [0.15, 0.2) is 82.4 Å². The Labute approximate surface area is 176 Å². The fourth-order valence-corrected chi connectivity index (χ4v) is 2.81. The van der Waals surface area contributed by atoms with Crippen LogP contribution in [0.3, 0.4) is 0 Å². The number of hydrogen-bond donors (Lipinski definition) is 1. The molecule has 3 aromatic rings. The zero-order valence-corrected chi connectivity index (χ0v) is 16.9. The third-order valence-corrected chi connectivity index (χ3v) is 4.33. The Morgan fingerprint density at radius 3 is 2.62 bits per heavy atom. The lowest BCUT2D eigenvalue weighted by Crippen LogP contribution is -2.16. The molecular formula is C22H18BrFN2O3. The van der Waals surface area contributed by atoms with Crippen molar-refractivity contribution in [2.24, 2.45) is 5.16 Å². The van der Waals surface area contributed by atoms with Gasteiger partial charge in [0.15, 0.2) is 6.61 Å². The summed E-state index contributed by atoms with van der Waals surface area (Å²) in [5, 5.41) is 6.54. The number of hydrogen-bond acceptors (Lipinski definition) is 4. The summed E-state index contributed by atoms with van der Waals surface area (Å²) < 4.78 is 20.3. The van der Waals surface area contributed by atoms with Crippen LogP contribution in [0.2, 0.25) is 0 Å². The molecule has 1 amide bonds. The molecule has 0 unspecified atom stereocenters. The molecule has 0 heterocycles. The molecule has 3 aromatic carbocycles. The van der Waals surface area contributed by atoms with Crippen molar-refractivity contribution in [1.82, 2.24) is 0 Å². The number of nitrogens with zero attached hydrogens (tertiary/aromatic N) is 1. The standard InChI is InChI=1S/C22H18BrFN2O3/c23-18-10-11-21(28-14-16-6-4-5-9-20(16)24)17(12-18)13-25-29-15-22(27)26-19-7-2-1-3-8-19/h1-13H,14-15H2,(H,26,27)/b25-13+. The average molecular weight is 457 g/mol. The van der Waals surface area contributed by atoms with Crippen molar-refractivity contribution in [3.63, 3.8) is 0 Å². The van der Waals surface area contributed by atoms with Gasteiger partial charge in [-0.15, -0.1) is 0 Å². The number of para-hydroxylation sites is 1. The lowest BCUT2D eigenvalue weighted by Gasteiger charge is -2.10. The molecule has 29 heavy (non-hydrogen) atoms. The fourth-order valence-electron chi connectivity index (χ4n) is 2.43. The van der Waals surface area contributed by atoms with E-state index in [9.17, 15) is 9.18 Å². The van der Waals surface area contributed by atoms with Gasteiger partial charge in [-0.3, -0.25) is 4.79 Å². The van der Waals surface area contributed by atoms with Gasteiger partial charge in [-0.05, 0) is 36.4 Å². The largest absolute Gasteiger partial charge is 0.488 e. The number of carbonyl (C=O) groups excluding carboxylic acids is 1. The number of nitrogens with one attached hydrogen (secondary N) is 1. The van der Waals surface area contributed by atoms with Gasteiger partial charge in [-0.2, -0.15) is 0 Å². The van der Waals surface area contributed by atoms with Crippen LogP contribution in [-0.4, -0.2) is 18.7 Å². The number of rotatable bonds is 8. The van der Waals surface area contributed by atoms with E-state index < -0.39 is 0 Å². The van der Waals surface area contributed by atoms with Crippen LogP contribution >= 0.6 is 15.9 Å². The Hall–Kier alpha value is -3.19. The zero-order valence-electron chi connectivity index (χ0n) is 15.3. The predicted molar refractivity (Wildman–Crippen MR) is 113 cm³/mol. The van der Waals surface area contributed by atoms with Crippen LogP contribution in [-0.2, 0) is 16.2 Å². The van der Waals surface area contributed by atoms with Crippen molar-refractivity contribution in [2.45, 2.75) is 6.61 Å². The lowest BCUT2D eigenvalue weighted by atomic mass is 10.2. The molecule has 0 bridgehead atoms. The van der Waals surface area contributed by atoms with Crippen molar-refractivity contribution >= 4 is 33.7 Å². The smallest absolute Gasteiger partial charge is 0.265 e. The molecular weight excluding hydrogens is 439 g/mol. The highest BCUT2D eigenvalue weighted by Crippen LogP contribution is 2.23. The molecule has 148 valence electrons. The maximum absolute atomic E-state index is 13.8. The molecule has 3 rings (SSSR count). The summed E-state index contributed by atoms with van der Waals surface area (Å²) in [6.07, 6.45) is 1.44. The minimum absolute atomic E-state index is 0.0789. The highest BCUT2D eigenvalue weighted by Gasteiger charge is 2.07. The third kappa shape index (κ3) is 6.43. The van der Waals surface area contributed by atoms with Gasteiger partial charge in [0.2, 0.25) is 0 Å². The first-order chi connectivity index (χ1) is 14.1. The van der Waals surface area contributed by atoms with Gasteiger partial charge < -0.3 is 14.9 Å². The maximum Gasteiger partial charge on any atom is 0.265 e. The topological polar surface area (TPSA) is 59.9 Å². The zero-order chi connectivity index (χ0) is 20.5. The van der Waals surface area contributed by atoms with E-state index in [1.54, 1.807) is 42.5 Å². The quantitative estimate of drug-likeness (QED) is 0.376. The second-order valence-corrected chi connectivity index (χ2v) is 6.90. The Bertz CT molecular complexity index is 996. The van der Waals surface area contributed by atoms with Crippen molar-refractivity contribution in [3.8, 4) is 5.75 Å². The molecule has 0 radical (unpaired) electrons. The molecule has 1 N–H and O–H groups in total. The number of halogens is 2. The van der Waals surface area contributed by atoms with Gasteiger partial charge in [0.25, 0.3) is 5.91 Å². The monoisotopic (exact) mass is 456 g/mol. The van der Waals surface area contributed by atoms with Crippen molar-refractivity contribution < 1.29 is 18.8 Å². The molecule has 7 heteroatoms. The van der Waals surface area contributed by atoms with Crippen molar-refractivity contribution in [1.29, 1.82) is 0 Å². The van der Waals surface area contributed by atoms with Crippen molar-refractivity contribution in [3.05, 3.63) is 94.2 Å². The molecule has 0 saturated heterocycles. The molecule has 0 fully saturated rings. The summed E-state index contributed by atoms with van der Waals surface area (Å²) in [7, 11) is 0. The van der Waals surface area contributed by atoms with E-state index in [4.69, 9.17) is 9.57 Å². The summed E-state index contributed by atoms with van der Waals surface area (Å²) in [6, 6.07) is 20.8. The summed E-state index contributed by atoms with van der Waals surface area (Å²) >= 11 is 3.39. The summed E-state index contributed by atoms with van der Waals surface area (Å²) in [5.41, 5.74) is 1.76. The van der Waals surface area contributed by atoms with Gasteiger partial charge >= 0.3 is 0 Å². The average Bonchev–Trinajstić information content (AvgIpc) is 2.72. The van der Waals surface area contributed by atoms with Gasteiger partial charge in [0.05, 0.1) is 6.21 Å². The number of ether oxygens (including phenoxy) is 1. The van der Waals surface area contributed by atoms with E-state index in [1.165, 1.54) is 12.3 Å². The van der Waals surface area contributed by atoms with Crippen LogP contribution in [0.5, 0.6) is 5.75 Å². The molecule has 5 nitrogen and oxygen atoms in total. The Balaban J connectivity index is 1.57. The molecule has 0 aliphatic carbocycles. The first-order valence-electron chi connectivity index (χ1n) is 8.78. The first kappa shape index (κ1) is 20.5. The predicted octanol–water partition coefficient (Wildman–Crippen LogP) is 5.16. The van der Waals surface area contributed by atoms with Crippen LogP contribution in [0.4, 0.5) is 10.1 Å². The Morgan fingerprint density at radius 1 is 1.07 bits per heavy atom. The van der Waals surface area contributed by atoms with Gasteiger partial charge in [0, 0.05) is 21.3 Å². The summed E-state index contributed by atoms with van der Waals surface area (Å²) in [5.74, 6) is -0.135. The number of oxime groups is 1. The van der Waals surface area contributed by atoms with Crippen LogP contribution in [0, 0.1) is 5.82 Å². The van der Waals surface area contributed by atoms with E-state index in [-0.39, 0.29) is 24.9 Å².